The van der Waals surface area contributed by atoms with Crippen LogP contribution in [0.25, 0.3) is 11.3 Å². The summed E-state index contributed by atoms with van der Waals surface area (Å²) in [5.74, 6) is 0.304. The number of hydrogen-bond acceptors (Lipinski definition) is 2. The fourth-order valence-electron chi connectivity index (χ4n) is 2.02. The number of rotatable bonds is 4. The largest absolute Gasteiger partial charge is 0.313 e. The van der Waals surface area contributed by atoms with Gasteiger partial charge in [-0.15, -0.1) is 11.6 Å². The summed E-state index contributed by atoms with van der Waals surface area (Å²) in [7, 11) is 0. The Hall–Kier alpha value is -1.81. The SMILES string of the molecule is O=C(CCl)Nc1nc(-c2ccccc2)cn1C1CC1. The van der Waals surface area contributed by atoms with Crippen molar-refractivity contribution in [2.75, 3.05) is 11.2 Å². The minimum absolute atomic E-state index is 0.0573. The first kappa shape index (κ1) is 12.2. The zero-order valence-corrected chi connectivity index (χ0v) is 11.1. The summed E-state index contributed by atoms with van der Waals surface area (Å²) in [4.78, 5) is 15.9. The maximum absolute atomic E-state index is 11.4. The number of nitrogens with one attached hydrogen (secondary N) is 1. The second-order valence-corrected chi connectivity index (χ2v) is 4.90. The fourth-order valence-corrected chi connectivity index (χ4v) is 2.09. The standard InChI is InChI=1S/C14H14ClN3O/c15-8-13(19)17-14-16-12(9-18(14)11-6-7-11)10-4-2-1-3-5-10/h1-5,9,11H,6-8H2,(H,16,17,19). The van der Waals surface area contributed by atoms with Crippen LogP contribution in [0.3, 0.4) is 0 Å². The summed E-state index contributed by atoms with van der Waals surface area (Å²) < 4.78 is 2.03. The Bertz CT molecular complexity index is 590. The summed E-state index contributed by atoms with van der Waals surface area (Å²) in [5, 5.41) is 2.75. The number of halogens is 1. The van der Waals surface area contributed by atoms with E-state index in [2.05, 4.69) is 10.3 Å². The van der Waals surface area contributed by atoms with Gasteiger partial charge >= 0.3 is 0 Å². The highest BCUT2D eigenvalue weighted by atomic mass is 35.5. The number of amides is 1. The zero-order chi connectivity index (χ0) is 13.2. The first-order valence-corrected chi connectivity index (χ1v) is 6.81. The highest BCUT2D eigenvalue weighted by Gasteiger charge is 2.27. The Morgan fingerprint density at radius 3 is 2.74 bits per heavy atom. The normalized spacial score (nSPS) is 14.4. The topological polar surface area (TPSA) is 46.9 Å². The molecule has 4 nitrogen and oxygen atoms in total. The van der Waals surface area contributed by atoms with E-state index in [-0.39, 0.29) is 11.8 Å². The summed E-state index contributed by atoms with van der Waals surface area (Å²) in [6.07, 6.45) is 4.26. The van der Waals surface area contributed by atoms with Crippen molar-refractivity contribution in [3.63, 3.8) is 0 Å². The third-order valence-electron chi connectivity index (χ3n) is 3.11. The third-order valence-corrected chi connectivity index (χ3v) is 3.36. The molecule has 98 valence electrons. The van der Waals surface area contributed by atoms with Crippen LogP contribution in [0.1, 0.15) is 18.9 Å². The molecule has 0 saturated heterocycles. The number of aromatic nitrogens is 2. The smallest absolute Gasteiger partial charge is 0.241 e. The second-order valence-electron chi connectivity index (χ2n) is 4.64. The molecule has 1 heterocycles. The number of hydrogen-bond donors (Lipinski definition) is 1. The molecule has 0 bridgehead atoms. The number of carbonyl (C=O) groups is 1. The fraction of sp³-hybridized carbons (Fsp3) is 0.286. The molecule has 0 atom stereocenters. The molecule has 1 fully saturated rings. The molecule has 1 saturated carbocycles. The molecule has 0 unspecified atom stereocenters. The molecule has 5 heteroatoms. The van der Waals surface area contributed by atoms with Crippen molar-refractivity contribution >= 4 is 23.5 Å². The van der Waals surface area contributed by atoms with Crippen molar-refractivity contribution < 1.29 is 4.79 Å². The second kappa shape index (κ2) is 5.05. The predicted molar refractivity (Wildman–Crippen MR) is 75.3 cm³/mol. The van der Waals surface area contributed by atoms with Gasteiger partial charge < -0.3 is 4.57 Å². The Balaban J connectivity index is 1.94. The van der Waals surface area contributed by atoms with Gasteiger partial charge in [-0.05, 0) is 12.8 Å². The van der Waals surface area contributed by atoms with E-state index < -0.39 is 0 Å². The number of imidazole rings is 1. The van der Waals surface area contributed by atoms with E-state index in [9.17, 15) is 4.79 Å². The lowest BCUT2D eigenvalue weighted by Crippen LogP contribution is -2.16. The van der Waals surface area contributed by atoms with E-state index >= 15 is 0 Å². The molecule has 0 aliphatic heterocycles. The lowest BCUT2D eigenvalue weighted by molar-refractivity contribution is -0.114. The minimum atomic E-state index is -0.228. The van der Waals surface area contributed by atoms with E-state index in [4.69, 9.17) is 11.6 Å². The van der Waals surface area contributed by atoms with E-state index in [1.807, 2.05) is 41.1 Å². The molecule has 1 aliphatic rings. The van der Waals surface area contributed by atoms with E-state index in [1.165, 1.54) is 0 Å². The van der Waals surface area contributed by atoms with Crippen LogP contribution in [-0.4, -0.2) is 21.3 Å². The van der Waals surface area contributed by atoms with Crippen molar-refractivity contribution in [1.82, 2.24) is 9.55 Å². The van der Waals surface area contributed by atoms with E-state index in [1.54, 1.807) is 0 Å². The molecular formula is C14H14ClN3O. The van der Waals surface area contributed by atoms with Gasteiger partial charge in [-0.2, -0.15) is 0 Å². The van der Waals surface area contributed by atoms with Gasteiger partial charge in [-0.25, -0.2) is 4.98 Å². The van der Waals surface area contributed by atoms with Crippen LogP contribution in [0.5, 0.6) is 0 Å². The monoisotopic (exact) mass is 275 g/mol. The summed E-state index contributed by atoms with van der Waals surface area (Å²) >= 11 is 5.52. The third kappa shape index (κ3) is 2.63. The number of anilines is 1. The zero-order valence-electron chi connectivity index (χ0n) is 10.3. The molecule has 0 spiro atoms. The highest BCUT2D eigenvalue weighted by molar-refractivity contribution is 6.28. The average Bonchev–Trinajstić information content (AvgIpc) is 3.21. The predicted octanol–water partition coefficient (Wildman–Crippen LogP) is 3.06. The molecule has 1 aromatic carbocycles. The number of carbonyl (C=O) groups excluding carboxylic acids is 1. The van der Waals surface area contributed by atoms with E-state index in [0.29, 0.717) is 12.0 Å². The van der Waals surface area contributed by atoms with Crippen LogP contribution in [0.4, 0.5) is 5.95 Å². The van der Waals surface area contributed by atoms with Gasteiger partial charge in [0.2, 0.25) is 11.9 Å². The van der Waals surface area contributed by atoms with Gasteiger partial charge in [0.25, 0.3) is 0 Å². The molecule has 1 amide bonds. The van der Waals surface area contributed by atoms with Crippen molar-refractivity contribution in [3.8, 4) is 11.3 Å². The van der Waals surface area contributed by atoms with Gasteiger partial charge in [0.15, 0.2) is 0 Å². The highest BCUT2D eigenvalue weighted by Crippen LogP contribution is 2.38. The van der Waals surface area contributed by atoms with Crippen LogP contribution in [0.2, 0.25) is 0 Å². The van der Waals surface area contributed by atoms with Gasteiger partial charge in [0.05, 0.1) is 5.69 Å². The molecular weight excluding hydrogens is 262 g/mol. The van der Waals surface area contributed by atoms with Crippen molar-refractivity contribution in [3.05, 3.63) is 36.5 Å². The van der Waals surface area contributed by atoms with Crippen LogP contribution in [0.15, 0.2) is 36.5 Å². The molecule has 1 aliphatic carbocycles. The van der Waals surface area contributed by atoms with Gasteiger partial charge in [-0.1, -0.05) is 30.3 Å². The maximum Gasteiger partial charge on any atom is 0.241 e. The van der Waals surface area contributed by atoms with Crippen molar-refractivity contribution in [2.45, 2.75) is 18.9 Å². The Kier molecular flexibility index (Phi) is 3.25. The van der Waals surface area contributed by atoms with Crippen LogP contribution in [0, 0.1) is 0 Å². The van der Waals surface area contributed by atoms with Crippen LogP contribution >= 0.6 is 11.6 Å². The summed E-state index contributed by atoms with van der Waals surface area (Å²) in [5.41, 5.74) is 1.92. The van der Waals surface area contributed by atoms with Gasteiger partial charge in [0, 0.05) is 17.8 Å². The Morgan fingerprint density at radius 2 is 2.11 bits per heavy atom. The van der Waals surface area contributed by atoms with Crippen LogP contribution < -0.4 is 5.32 Å². The van der Waals surface area contributed by atoms with Crippen LogP contribution in [-0.2, 0) is 4.79 Å². The average molecular weight is 276 g/mol. The molecule has 19 heavy (non-hydrogen) atoms. The van der Waals surface area contributed by atoms with E-state index in [0.717, 1.165) is 24.1 Å². The van der Waals surface area contributed by atoms with Crippen molar-refractivity contribution in [1.29, 1.82) is 0 Å². The quantitative estimate of drug-likeness (QED) is 0.872. The maximum atomic E-state index is 11.4. The number of benzene rings is 1. The molecule has 1 N–H and O–H groups in total. The molecule has 3 rings (SSSR count). The van der Waals surface area contributed by atoms with Gasteiger partial charge in [0.1, 0.15) is 5.88 Å². The molecule has 0 radical (unpaired) electrons. The lowest BCUT2D eigenvalue weighted by Gasteiger charge is -2.05. The minimum Gasteiger partial charge on any atom is -0.313 e. The molecule has 1 aromatic heterocycles. The van der Waals surface area contributed by atoms with Gasteiger partial charge in [-0.3, -0.25) is 10.1 Å². The number of alkyl halides is 1. The lowest BCUT2D eigenvalue weighted by atomic mass is 10.2. The summed E-state index contributed by atoms with van der Waals surface area (Å²) in [6, 6.07) is 10.4. The summed E-state index contributed by atoms with van der Waals surface area (Å²) in [6.45, 7) is 0. The molecule has 2 aromatic rings. The Labute approximate surface area is 116 Å². The Morgan fingerprint density at radius 1 is 1.37 bits per heavy atom. The number of nitrogens with zero attached hydrogens (tertiary/aromatic N) is 2. The first-order chi connectivity index (χ1) is 9.28. The first-order valence-electron chi connectivity index (χ1n) is 6.28. The van der Waals surface area contributed by atoms with Crippen molar-refractivity contribution in [2.24, 2.45) is 0 Å².